The van der Waals surface area contributed by atoms with E-state index in [9.17, 15) is 0 Å². The third-order valence-electron chi connectivity index (χ3n) is 2.61. The second kappa shape index (κ2) is 7.14. The van der Waals surface area contributed by atoms with Crippen LogP contribution < -0.4 is 4.74 Å². The molecule has 100 valence electrons. The van der Waals surface area contributed by atoms with E-state index in [-0.39, 0.29) is 0 Å². The smallest absolute Gasteiger partial charge is 0.138 e. The molecule has 0 fully saturated rings. The summed E-state index contributed by atoms with van der Waals surface area (Å²) in [6, 6.07) is 15.3. The fraction of sp³-hybridized carbons (Fsp3) is 0.0625. The lowest BCUT2D eigenvalue weighted by Gasteiger charge is -2.08. The first-order valence-corrected chi connectivity index (χ1v) is 7.09. The largest absolute Gasteiger partial charge is 0.487 e. The third kappa shape index (κ3) is 4.12. The zero-order valence-electron chi connectivity index (χ0n) is 10.5. The normalized spacial score (nSPS) is 10.4. The van der Waals surface area contributed by atoms with Crippen molar-refractivity contribution >= 4 is 33.6 Å². The fourth-order valence-corrected chi connectivity index (χ4v) is 2.12. The number of benzene rings is 2. The summed E-state index contributed by atoms with van der Waals surface area (Å²) in [5.74, 6) is 0.628. The van der Waals surface area contributed by atoms with E-state index >= 15 is 0 Å². The molecule has 2 nitrogen and oxygen atoms in total. The van der Waals surface area contributed by atoms with E-state index in [2.05, 4.69) is 15.9 Å². The summed E-state index contributed by atoms with van der Waals surface area (Å²) in [6.07, 6.45) is 3.11. The first-order valence-electron chi connectivity index (χ1n) is 5.92. The number of ether oxygens (including phenoxy) is 1. The standard InChI is InChI=1S/C16H11BrClNO/c17-14-6-3-13(4-7-14)11-20-16-8-5-12(2-1-9-19)10-15(16)18/h1-8,10H,11H2. The molecule has 0 N–H and O–H groups in total. The van der Waals surface area contributed by atoms with Crippen LogP contribution in [-0.4, -0.2) is 0 Å². The Labute approximate surface area is 131 Å². The van der Waals surface area contributed by atoms with Gasteiger partial charge in [-0.15, -0.1) is 0 Å². The lowest BCUT2D eigenvalue weighted by atomic mass is 10.2. The molecule has 0 heterocycles. The van der Waals surface area contributed by atoms with E-state index in [0.29, 0.717) is 17.4 Å². The van der Waals surface area contributed by atoms with E-state index in [1.165, 1.54) is 6.08 Å². The monoisotopic (exact) mass is 347 g/mol. The number of nitriles is 1. The number of rotatable bonds is 4. The van der Waals surface area contributed by atoms with Gasteiger partial charge in [0.2, 0.25) is 0 Å². The molecule has 0 unspecified atom stereocenters. The van der Waals surface area contributed by atoms with Crippen LogP contribution in [0.4, 0.5) is 0 Å². The molecule has 0 amide bonds. The minimum atomic E-state index is 0.459. The average Bonchev–Trinajstić information content (AvgIpc) is 2.46. The van der Waals surface area contributed by atoms with Gasteiger partial charge < -0.3 is 4.74 Å². The molecule has 2 aromatic carbocycles. The molecular formula is C16H11BrClNO. The molecule has 20 heavy (non-hydrogen) atoms. The van der Waals surface area contributed by atoms with Crippen molar-refractivity contribution in [3.05, 3.63) is 69.2 Å². The van der Waals surface area contributed by atoms with E-state index in [1.54, 1.807) is 18.2 Å². The number of halogens is 2. The van der Waals surface area contributed by atoms with Crippen LogP contribution in [0.3, 0.4) is 0 Å². The molecule has 0 aliphatic rings. The Morgan fingerprint density at radius 2 is 1.95 bits per heavy atom. The van der Waals surface area contributed by atoms with Gasteiger partial charge in [0.15, 0.2) is 0 Å². The van der Waals surface area contributed by atoms with Crippen molar-refractivity contribution in [1.82, 2.24) is 0 Å². The van der Waals surface area contributed by atoms with Gasteiger partial charge >= 0.3 is 0 Å². The average molecular weight is 349 g/mol. The predicted octanol–water partition coefficient (Wildman–Crippen LogP) is 5.22. The molecule has 2 aromatic rings. The summed E-state index contributed by atoms with van der Waals surface area (Å²) in [6.45, 7) is 0.459. The minimum Gasteiger partial charge on any atom is -0.487 e. The molecule has 0 spiro atoms. The van der Waals surface area contributed by atoms with Crippen LogP contribution in [0, 0.1) is 11.3 Å². The first kappa shape index (κ1) is 14.6. The third-order valence-corrected chi connectivity index (χ3v) is 3.44. The Kier molecular flexibility index (Phi) is 5.23. The number of allylic oxidation sites excluding steroid dienone is 1. The highest BCUT2D eigenvalue weighted by Crippen LogP contribution is 2.27. The molecule has 2 rings (SSSR count). The first-order chi connectivity index (χ1) is 9.69. The van der Waals surface area contributed by atoms with Gasteiger partial charge in [0.05, 0.1) is 11.1 Å². The van der Waals surface area contributed by atoms with E-state index in [4.69, 9.17) is 21.6 Å². The van der Waals surface area contributed by atoms with Gasteiger partial charge in [-0.1, -0.05) is 45.7 Å². The van der Waals surface area contributed by atoms with Crippen molar-refractivity contribution in [2.24, 2.45) is 0 Å². The SMILES string of the molecule is N#CC=Cc1ccc(OCc2ccc(Br)cc2)c(Cl)c1. The van der Waals surface area contributed by atoms with Crippen LogP contribution in [-0.2, 0) is 6.61 Å². The molecular weight excluding hydrogens is 338 g/mol. The van der Waals surface area contributed by atoms with E-state index in [0.717, 1.165) is 15.6 Å². The lowest BCUT2D eigenvalue weighted by molar-refractivity contribution is 0.306. The summed E-state index contributed by atoms with van der Waals surface area (Å²) in [5.41, 5.74) is 1.94. The molecule has 4 heteroatoms. The zero-order chi connectivity index (χ0) is 14.4. The summed E-state index contributed by atoms with van der Waals surface area (Å²) in [7, 11) is 0. The topological polar surface area (TPSA) is 33.0 Å². The van der Waals surface area contributed by atoms with Gasteiger partial charge in [-0.05, 0) is 41.5 Å². The predicted molar refractivity (Wildman–Crippen MR) is 84.6 cm³/mol. The van der Waals surface area contributed by atoms with Crippen LogP contribution in [0.5, 0.6) is 5.75 Å². The van der Waals surface area contributed by atoms with Crippen LogP contribution in [0.2, 0.25) is 5.02 Å². The maximum absolute atomic E-state index is 8.48. The molecule has 0 aliphatic carbocycles. The van der Waals surface area contributed by atoms with Crippen molar-refractivity contribution in [3.63, 3.8) is 0 Å². The van der Waals surface area contributed by atoms with Crippen molar-refractivity contribution in [2.45, 2.75) is 6.61 Å². The highest BCUT2D eigenvalue weighted by molar-refractivity contribution is 9.10. The van der Waals surface area contributed by atoms with Gasteiger partial charge in [0.1, 0.15) is 12.4 Å². The fourth-order valence-electron chi connectivity index (χ4n) is 1.61. The van der Waals surface area contributed by atoms with Gasteiger partial charge in [-0.25, -0.2) is 0 Å². The quantitative estimate of drug-likeness (QED) is 0.710. The summed E-state index contributed by atoms with van der Waals surface area (Å²) >= 11 is 9.54. The van der Waals surface area contributed by atoms with Crippen LogP contribution in [0.1, 0.15) is 11.1 Å². The second-order valence-corrected chi connectivity index (χ2v) is 5.39. The molecule has 0 saturated carbocycles. The minimum absolute atomic E-state index is 0.459. The van der Waals surface area contributed by atoms with Crippen molar-refractivity contribution in [2.75, 3.05) is 0 Å². The van der Waals surface area contributed by atoms with E-state index < -0.39 is 0 Å². The Bertz CT molecular complexity index is 659. The summed E-state index contributed by atoms with van der Waals surface area (Å²) < 4.78 is 6.72. The molecule has 0 radical (unpaired) electrons. The van der Waals surface area contributed by atoms with Gasteiger partial charge in [-0.3, -0.25) is 0 Å². The van der Waals surface area contributed by atoms with Gasteiger partial charge in [0, 0.05) is 10.5 Å². The number of hydrogen-bond acceptors (Lipinski definition) is 2. The molecule has 0 aliphatic heterocycles. The Morgan fingerprint density at radius 3 is 2.60 bits per heavy atom. The zero-order valence-corrected chi connectivity index (χ0v) is 12.9. The Hall–Kier alpha value is -1.76. The Balaban J connectivity index is 2.05. The highest BCUT2D eigenvalue weighted by Gasteiger charge is 2.02. The van der Waals surface area contributed by atoms with E-state index in [1.807, 2.05) is 36.4 Å². The van der Waals surface area contributed by atoms with Crippen LogP contribution >= 0.6 is 27.5 Å². The lowest BCUT2D eigenvalue weighted by Crippen LogP contribution is -1.95. The number of nitrogens with zero attached hydrogens (tertiary/aromatic N) is 1. The highest BCUT2D eigenvalue weighted by atomic mass is 79.9. The van der Waals surface area contributed by atoms with Gasteiger partial charge in [0.25, 0.3) is 0 Å². The van der Waals surface area contributed by atoms with Crippen LogP contribution in [0.15, 0.2) is 53.0 Å². The van der Waals surface area contributed by atoms with Crippen molar-refractivity contribution < 1.29 is 4.74 Å². The van der Waals surface area contributed by atoms with Crippen molar-refractivity contribution in [3.8, 4) is 11.8 Å². The second-order valence-electron chi connectivity index (χ2n) is 4.07. The molecule has 0 atom stereocenters. The Morgan fingerprint density at radius 1 is 1.20 bits per heavy atom. The van der Waals surface area contributed by atoms with Crippen LogP contribution in [0.25, 0.3) is 6.08 Å². The number of hydrogen-bond donors (Lipinski definition) is 0. The maximum Gasteiger partial charge on any atom is 0.138 e. The summed E-state index contributed by atoms with van der Waals surface area (Å²) in [4.78, 5) is 0. The molecule has 0 bridgehead atoms. The molecule has 0 saturated heterocycles. The summed E-state index contributed by atoms with van der Waals surface area (Å²) in [5, 5.41) is 9.01. The van der Waals surface area contributed by atoms with Gasteiger partial charge in [-0.2, -0.15) is 5.26 Å². The molecule has 0 aromatic heterocycles. The maximum atomic E-state index is 8.48. The van der Waals surface area contributed by atoms with Crippen molar-refractivity contribution in [1.29, 1.82) is 5.26 Å².